The van der Waals surface area contributed by atoms with Crippen LogP contribution in [-0.4, -0.2) is 26.9 Å². The molecule has 3 nitrogen and oxygen atoms in total. The first-order valence-corrected chi connectivity index (χ1v) is 5.25. The summed E-state index contributed by atoms with van der Waals surface area (Å²) in [5, 5.41) is 3.45. The molecule has 1 fully saturated rings. The average molecular weight is 207 g/mol. The lowest BCUT2D eigenvalue weighted by Gasteiger charge is -2.18. The third-order valence-electron chi connectivity index (χ3n) is 2.94. The highest BCUT2D eigenvalue weighted by molar-refractivity contribution is 5.30. The van der Waals surface area contributed by atoms with Crippen LogP contribution in [0.4, 0.5) is 0 Å². The maximum atomic E-state index is 5.44. The second kappa shape index (κ2) is 4.64. The highest BCUT2D eigenvalue weighted by Crippen LogP contribution is 2.26. The normalized spacial score (nSPS) is 25.5. The highest BCUT2D eigenvalue weighted by Gasteiger charge is 2.27. The van der Waals surface area contributed by atoms with E-state index >= 15 is 0 Å². The molecule has 3 heteroatoms. The SMILES string of the molecule is COc1ccc(C2NCCC2OC)cc1. The minimum absolute atomic E-state index is 0.290. The van der Waals surface area contributed by atoms with E-state index in [9.17, 15) is 0 Å². The Balaban J connectivity index is 2.14. The van der Waals surface area contributed by atoms with Gasteiger partial charge in [-0.05, 0) is 30.7 Å². The summed E-state index contributed by atoms with van der Waals surface area (Å²) in [5.74, 6) is 0.894. The van der Waals surface area contributed by atoms with Crippen LogP contribution in [-0.2, 0) is 4.74 Å². The average Bonchev–Trinajstić information content (AvgIpc) is 2.77. The maximum Gasteiger partial charge on any atom is 0.118 e. The predicted octanol–water partition coefficient (Wildman–Crippen LogP) is 1.74. The van der Waals surface area contributed by atoms with Crippen molar-refractivity contribution in [3.63, 3.8) is 0 Å². The van der Waals surface area contributed by atoms with E-state index in [4.69, 9.17) is 9.47 Å². The highest BCUT2D eigenvalue weighted by atomic mass is 16.5. The molecule has 1 aromatic carbocycles. The zero-order valence-corrected chi connectivity index (χ0v) is 9.19. The Bertz CT molecular complexity index is 310. The zero-order valence-electron chi connectivity index (χ0n) is 9.19. The van der Waals surface area contributed by atoms with E-state index in [2.05, 4.69) is 17.4 Å². The van der Waals surface area contributed by atoms with E-state index in [-0.39, 0.29) is 0 Å². The first-order chi connectivity index (χ1) is 7.35. The van der Waals surface area contributed by atoms with Crippen LogP contribution in [0.15, 0.2) is 24.3 Å². The minimum atomic E-state index is 0.290. The first-order valence-electron chi connectivity index (χ1n) is 5.25. The number of hydrogen-bond acceptors (Lipinski definition) is 3. The van der Waals surface area contributed by atoms with Gasteiger partial charge in [0.2, 0.25) is 0 Å². The Kier molecular flexibility index (Phi) is 3.23. The second-order valence-electron chi connectivity index (χ2n) is 3.77. The Morgan fingerprint density at radius 2 is 1.93 bits per heavy atom. The van der Waals surface area contributed by atoms with E-state index < -0.39 is 0 Å². The monoisotopic (exact) mass is 207 g/mol. The van der Waals surface area contributed by atoms with Gasteiger partial charge in [-0.1, -0.05) is 12.1 Å². The fraction of sp³-hybridized carbons (Fsp3) is 0.500. The molecule has 0 aromatic heterocycles. The molecule has 1 aromatic rings. The fourth-order valence-electron chi connectivity index (χ4n) is 2.08. The van der Waals surface area contributed by atoms with Crippen LogP contribution in [0, 0.1) is 0 Å². The van der Waals surface area contributed by atoms with Gasteiger partial charge in [-0.15, -0.1) is 0 Å². The number of hydrogen-bond donors (Lipinski definition) is 1. The lowest BCUT2D eigenvalue weighted by molar-refractivity contribution is 0.0920. The van der Waals surface area contributed by atoms with Gasteiger partial charge in [-0.2, -0.15) is 0 Å². The van der Waals surface area contributed by atoms with Crippen LogP contribution in [0.5, 0.6) is 5.75 Å². The summed E-state index contributed by atoms with van der Waals surface area (Å²) in [6.45, 7) is 1.02. The van der Waals surface area contributed by atoms with Crippen molar-refractivity contribution in [2.75, 3.05) is 20.8 Å². The van der Waals surface area contributed by atoms with Crippen molar-refractivity contribution in [3.05, 3.63) is 29.8 Å². The smallest absolute Gasteiger partial charge is 0.118 e. The van der Waals surface area contributed by atoms with Gasteiger partial charge in [0.1, 0.15) is 5.75 Å². The number of nitrogens with one attached hydrogen (secondary N) is 1. The van der Waals surface area contributed by atoms with E-state index in [1.807, 2.05) is 12.1 Å². The van der Waals surface area contributed by atoms with Crippen LogP contribution < -0.4 is 10.1 Å². The summed E-state index contributed by atoms with van der Waals surface area (Å²) in [4.78, 5) is 0. The van der Waals surface area contributed by atoms with Gasteiger partial charge in [0.05, 0.1) is 19.3 Å². The number of benzene rings is 1. The molecule has 0 saturated carbocycles. The summed E-state index contributed by atoms with van der Waals surface area (Å²) in [6, 6.07) is 8.48. The molecule has 1 saturated heterocycles. The van der Waals surface area contributed by atoms with Crippen molar-refractivity contribution in [3.8, 4) is 5.75 Å². The number of methoxy groups -OCH3 is 2. The van der Waals surface area contributed by atoms with Crippen LogP contribution in [0.1, 0.15) is 18.0 Å². The lowest BCUT2D eigenvalue weighted by Crippen LogP contribution is -2.22. The van der Waals surface area contributed by atoms with E-state index in [0.29, 0.717) is 12.1 Å². The van der Waals surface area contributed by atoms with Crippen LogP contribution >= 0.6 is 0 Å². The molecule has 0 radical (unpaired) electrons. The molecule has 1 heterocycles. The molecule has 1 aliphatic heterocycles. The second-order valence-corrected chi connectivity index (χ2v) is 3.77. The van der Waals surface area contributed by atoms with Gasteiger partial charge in [-0.25, -0.2) is 0 Å². The molecule has 82 valence electrons. The van der Waals surface area contributed by atoms with Gasteiger partial charge < -0.3 is 14.8 Å². The molecule has 0 aliphatic carbocycles. The fourth-order valence-corrected chi connectivity index (χ4v) is 2.08. The quantitative estimate of drug-likeness (QED) is 0.819. The van der Waals surface area contributed by atoms with Crippen LogP contribution in [0.25, 0.3) is 0 Å². The molecule has 1 aliphatic rings. The summed E-state index contributed by atoms with van der Waals surface area (Å²) < 4.78 is 10.6. The van der Waals surface area contributed by atoms with E-state index in [1.54, 1.807) is 14.2 Å². The van der Waals surface area contributed by atoms with Crippen molar-refractivity contribution in [2.45, 2.75) is 18.6 Å². The third-order valence-corrected chi connectivity index (χ3v) is 2.94. The molecule has 0 bridgehead atoms. The van der Waals surface area contributed by atoms with Gasteiger partial charge in [0, 0.05) is 7.11 Å². The Morgan fingerprint density at radius 3 is 2.53 bits per heavy atom. The van der Waals surface area contributed by atoms with Crippen molar-refractivity contribution >= 4 is 0 Å². The molecular formula is C12H17NO2. The zero-order chi connectivity index (χ0) is 10.7. The molecule has 2 rings (SSSR count). The van der Waals surface area contributed by atoms with Gasteiger partial charge in [0.25, 0.3) is 0 Å². The summed E-state index contributed by atoms with van der Waals surface area (Å²) >= 11 is 0. The topological polar surface area (TPSA) is 30.5 Å². The van der Waals surface area contributed by atoms with Crippen molar-refractivity contribution < 1.29 is 9.47 Å². The summed E-state index contributed by atoms with van der Waals surface area (Å²) in [7, 11) is 3.45. The molecule has 2 atom stereocenters. The summed E-state index contributed by atoms with van der Waals surface area (Å²) in [6.07, 6.45) is 1.37. The molecule has 0 amide bonds. The number of rotatable bonds is 3. The minimum Gasteiger partial charge on any atom is -0.497 e. The Morgan fingerprint density at radius 1 is 1.20 bits per heavy atom. The Hall–Kier alpha value is -1.06. The lowest BCUT2D eigenvalue weighted by atomic mass is 10.0. The Labute approximate surface area is 90.4 Å². The van der Waals surface area contributed by atoms with Crippen LogP contribution in [0.2, 0.25) is 0 Å². The molecule has 0 spiro atoms. The molecule has 15 heavy (non-hydrogen) atoms. The maximum absolute atomic E-state index is 5.44. The molecular weight excluding hydrogens is 190 g/mol. The standard InChI is InChI=1S/C12H17NO2/c1-14-10-5-3-9(4-6-10)12-11(15-2)7-8-13-12/h3-6,11-13H,7-8H2,1-2H3. The van der Waals surface area contributed by atoms with Gasteiger partial charge >= 0.3 is 0 Å². The third kappa shape index (κ3) is 2.13. The summed E-state index contributed by atoms with van der Waals surface area (Å²) in [5.41, 5.74) is 1.26. The van der Waals surface area contributed by atoms with Crippen molar-refractivity contribution in [1.29, 1.82) is 0 Å². The van der Waals surface area contributed by atoms with Gasteiger partial charge in [0.15, 0.2) is 0 Å². The largest absolute Gasteiger partial charge is 0.497 e. The van der Waals surface area contributed by atoms with E-state index in [0.717, 1.165) is 18.7 Å². The molecule has 2 unspecified atom stereocenters. The van der Waals surface area contributed by atoms with Crippen molar-refractivity contribution in [1.82, 2.24) is 5.32 Å². The first kappa shape index (κ1) is 10.5. The van der Waals surface area contributed by atoms with Crippen LogP contribution in [0.3, 0.4) is 0 Å². The van der Waals surface area contributed by atoms with E-state index in [1.165, 1.54) is 5.56 Å². The molecule has 1 N–H and O–H groups in total. The number of ether oxygens (including phenoxy) is 2. The van der Waals surface area contributed by atoms with Crippen molar-refractivity contribution in [2.24, 2.45) is 0 Å². The van der Waals surface area contributed by atoms with Gasteiger partial charge in [-0.3, -0.25) is 0 Å². The predicted molar refractivity (Wildman–Crippen MR) is 59.2 cm³/mol.